The van der Waals surface area contributed by atoms with Gasteiger partial charge in [-0.3, -0.25) is 4.79 Å². The lowest BCUT2D eigenvalue weighted by molar-refractivity contribution is -0.128. The zero-order chi connectivity index (χ0) is 20.4. The predicted octanol–water partition coefficient (Wildman–Crippen LogP) is 3.92. The van der Waals surface area contributed by atoms with Crippen molar-refractivity contribution in [3.05, 3.63) is 58.9 Å². The van der Waals surface area contributed by atoms with E-state index in [0.717, 1.165) is 11.1 Å². The normalized spacial score (nSPS) is 16.3. The number of rotatable bonds is 6. The summed E-state index contributed by atoms with van der Waals surface area (Å²) in [5.41, 5.74) is 1.78. The van der Waals surface area contributed by atoms with Crippen molar-refractivity contribution in [2.24, 2.45) is 0 Å². The fourth-order valence-corrected chi connectivity index (χ4v) is 3.53. The molecule has 1 saturated heterocycles. The number of likely N-dealkylation sites (tertiary alicyclic amines) is 1. The zero-order valence-electron chi connectivity index (χ0n) is 16.1. The minimum Gasteiger partial charge on any atom is -0.493 e. The van der Waals surface area contributed by atoms with E-state index in [9.17, 15) is 4.79 Å². The maximum absolute atomic E-state index is 12.5. The second-order valence-corrected chi connectivity index (χ2v) is 7.26. The average molecular weight is 414 g/mol. The molecule has 0 aliphatic carbocycles. The highest BCUT2D eigenvalue weighted by Gasteiger charge is 2.34. The second-order valence-electron chi connectivity index (χ2n) is 6.83. The van der Waals surface area contributed by atoms with Crippen molar-refractivity contribution < 1.29 is 18.8 Å². The van der Waals surface area contributed by atoms with Crippen LogP contribution in [0.25, 0.3) is 11.4 Å². The minimum atomic E-state index is -0.129. The Morgan fingerprint density at radius 1 is 1.14 bits per heavy atom. The number of halogens is 1. The van der Waals surface area contributed by atoms with Crippen LogP contribution >= 0.6 is 11.6 Å². The van der Waals surface area contributed by atoms with E-state index in [1.807, 2.05) is 30.3 Å². The Morgan fingerprint density at radius 2 is 1.90 bits per heavy atom. The molecule has 2 heterocycles. The largest absolute Gasteiger partial charge is 0.493 e. The van der Waals surface area contributed by atoms with Gasteiger partial charge in [0, 0.05) is 30.1 Å². The molecule has 1 amide bonds. The number of carbonyl (C=O) groups excluding carboxylic acids is 1. The summed E-state index contributed by atoms with van der Waals surface area (Å²) in [6.45, 7) is 1.00. The molecule has 29 heavy (non-hydrogen) atoms. The van der Waals surface area contributed by atoms with Crippen LogP contribution in [0.3, 0.4) is 0 Å². The van der Waals surface area contributed by atoms with Crippen molar-refractivity contribution in [2.45, 2.75) is 18.9 Å². The number of methoxy groups -OCH3 is 2. The van der Waals surface area contributed by atoms with E-state index < -0.39 is 0 Å². The zero-order valence-corrected chi connectivity index (χ0v) is 16.8. The highest BCUT2D eigenvalue weighted by Crippen LogP contribution is 2.32. The van der Waals surface area contributed by atoms with Gasteiger partial charge >= 0.3 is 0 Å². The molecule has 4 rings (SSSR count). The smallest absolute Gasteiger partial charge is 0.232 e. The fraction of sp³-hybridized carbons (Fsp3) is 0.286. The van der Waals surface area contributed by atoms with E-state index in [2.05, 4.69) is 10.1 Å². The first-order valence-corrected chi connectivity index (χ1v) is 9.53. The topological polar surface area (TPSA) is 77.7 Å². The van der Waals surface area contributed by atoms with Gasteiger partial charge in [-0.1, -0.05) is 22.8 Å². The summed E-state index contributed by atoms with van der Waals surface area (Å²) in [4.78, 5) is 18.8. The number of ether oxygens (including phenoxy) is 2. The van der Waals surface area contributed by atoms with Gasteiger partial charge in [0.1, 0.15) is 0 Å². The standard InChI is InChI=1S/C21H20ClN3O4/c1-27-17-8-3-13(9-18(17)28-2)11-25-12-15(10-19(25)26)21-23-20(24-29-21)14-4-6-16(22)7-5-14/h3-9,15H,10-12H2,1-2H3. The third-order valence-corrected chi connectivity index (χ3v) is 5.18. The quantitative estimate of drug-likeness (QED) is 0.609. The van der Waals surface area contributed by atoms with Crippen LogP contribution in [0, 0.1) is 0 Å². The molecule has 1 atom stereocenters. The maximum atomic E-state index is 12.5. The number of aromatic nitrogens is 2. The fourth-order valence-electron chi connectivity index (χ4n) is 3.41. The number of hydrogen-bond acceptors (Lipinski definition) is 6. The summed E-state index contributed by atoms with van der Waals surface area (Å²) in [6.07, 6.45) is 0.343. The third kappa shape index (κ3) is 4.05. The summed E-state index contributed by atoms with van der Waals surface area (Å²) in [5.74, 6) is 2.17. The average Bonchev–Trinajstić information content (AvgIpc) is 3.36. The van der Waals surface area contributed by atoms with Crippen LogP contribution in [0.5, 0.6) is 11.5 Å². The molecule has 1 aliphatic rings. The Balaban J connectivity index is 1.46. The van der Waals surface area contributed by atoms with Crippen LogP contribution < -0.4 is 9.47 Å². The number of benzene rings is 2. The molecular weight excluding hydrogens is 394 g/mol. The molecule has 0 N–H and O–H groups in total. The van der Waals surface area contributed by atoms with Crippen molar-refractivity contribution in [1.29, 1.82) is 0 Å². The SMILES string of the molecule is COc1ccc(CN2CC(c3nc(-c4ccc(Cl)cc4)no3)CC2=O)cc1OC. The second kappa shape index (κ2) is 8.13. The number of carbonyl (C=O) groups is 1. The van der Waals surface area contributed by atoms with Gasteiger partial charge in [0.15, 0.2) is 11.5 Å². The first-order valence-electron chi connectivity index (χ1n) is 9.15. The van der Waals surface area contributed by atoms with Gasteiger partial charge in [-0.25, -0.2) is 0 Å². The van der Waals surface area contributed by atoms with Crippen LogP contribution in [0.4, 0.5) is 0 Å². The maximum Gasteiger partial charge on any atom is 0.232 e. The summed E-state index contributed by atoms with van der Waals surface area (Å²) in [5, 5.41) is 4.69. The molecule has 0 spiro atoms. The summed E-state index contributed by atoms with van der Waals surface area (Å²) < 4.78 is 16.0. The van der Waals surface area contributed by atoms with Gasteiger partial charge in [0.2, 0.25) is 17.6 Å². The Labute approximate surface area is 173 Å². The minimum absolute atomic E-state index is 0.0519. The van der Waals surface area contributed by atoms with E-state index in [-0.39, 0.29) is 11.8 Å². The third-order valence-electron chi connectivity index (χ3n) is 4.93. The molecule has 0 bridgehead atoms. The van der Waals surface area contributed by atoms with Crippen LogP contribution in [-0.2, 0) is 11.3 Å². The highest BCUT2D eigenvalue weighted by molar-refractivity contribution is 6.30. The van der Waals surface area contributed by atoms with Gasteiger partial charge in [0.25, 0.3) is 0 Å². The van der Waals surface area contributed by atoms with Crippen molar-refractivity contribution in [3.8, 4) is 22.9 Å². The first-order chi connectivity index (χ1) is 14.1. The van der Waals surface area contributed by atoms with Gasteiger partial charge in [-0.15, -0.1) is 0 Å². The lowest BCUT2D eigenvalue weighted by Gasteiger charge is -2.17. The van der Waals surface area contributed by atoms with Gasteiger partial charge in [-0.2, -0.15) is 4.98 Å². The number of nitrogens with zero attached hydrogens (tertiary/aromatic N) is 3. The summed E-state index contributed by atoms with van der Waals surface area (Å²) >= 11 is 5.92. The molecule has 2 aromatic carbocycles. The number of amides is 1. The Morgan fingerprint density at radius 3 is 2.62 bits per heavy atom. The molecule has 0 saturated carbocycles. The van der Waals surface area contributed by atoms with Crippen molar-refractivity contribution in [3.63, 3.8) is 0 Å². The monoisotopic (exact) mass is 413 g/mol. The van der Waals surface area contributed by atoms with Crippen molar-refractivity contribution in [2.75, 3.05) is 20.8 Å². The molecule has 7 nitrogen and oxygen atoms in total. The van der Waals surface area contributed by atoms with E-state index in [1.165, 1.54) is 0 Å². The molecule has 1 aromatic heterocycles. The lowest BCUT2D eigenvalue weighted by atomic mass is 10.1. The van der Waals surface area contributed by atoms with Gasteiger partial charge in [0.05, 0.1) is 20.1 Å². The molecule has 1 unspecified atom stereocenters. The molecule has 150 valence electrons. The van der Waals surface area contributed by atoms with Crippen LogP contribution in [0.2, 0.25) is 5.02 Å². The molecule has 8 heteroatoms. The number of hydrogen-bond donors (Lipinski definition) is 0. The summed E-state index contributed by atoms with van der Waals surface area (Å²) in [6, 6.07) is 12.9. The van der Waals surface area contributed by atoms with Crippen LogP contribution in [0.1, 0.15) is 23.8 Å². The predicted molar refractivity (Wildman–Crippen MR) is 107 cm³/mol. The van der Waals surface area contributed by atoms with E-state index >= 15 is 0 Å². The Bertz CT molecular complexity index is 1020. The van der Waals surface area contributed by atoms with Crippen LogP contribution in [-0.4, -0.2) is 41.7 Å². The van der Waals surface area contributed by atoms with Crippen molar-refractivity contribution in [1.82, 2.24) is 15.0 Å². The van der Waals surface area contributed by atoms with E-state index in [4.69, 9.17) is 25.6 Å². The molecule has 3 aromatic rings. The van der Waals surface area contributed by atoms with Crippen molar-refractivity contribution >= 4 is 17.5 Å². The van der Waals surface area contributed by atoms with E-state index in [1.54, 1.807) is 31.3 Å². The molecule has 1 aliphatic heterocycles. The summed E-state index contributed by atoms with van der Waals surface area (Å²) in [7, 11) is 3.18. The van der Waals surface area contributed by atoms with Crippen LogP contribution in [0.15, 0.2) is 47.0 Å². The van der Waals surface area contributed by atoms with Gasteiger partial charge in [-0.05, 0) is 42.0 Å². The molecule has 1 fully saturated rings. The Kier molecular flexibility index (Phi) is 5.40. The first kappa shape index (κ1) is 19.3. The Hall–Kier alpha value is -3.06. The lowest BCUT2D eigenvalue weighted by Crippen LogP contribution is -2.24. The highest BCUT2D eigenvalue weighted by atomic mass is 35.5. The van der Waals surface area contributed by atoms with E-state index in [0.29, 0.717) is 47.7 Å². The molecule has 0 radical (unpaired) electrons. The van der Waals surface area contributed by atoms with Gasteiger partial charge < -0.3 is 18.9 Å². The molecular formula is C21H20ClN3O4.